The fourth-order valence-corrected chi connectivity index (χ4v) is 3.83. The van der Waals surface area contributed by atoms with E-state index in [0.29, 0.717) is 0 Å². The molecule has 164 valence electrons. The molecule has 0 fully saturated rings. The Labute approximate surface area is 183 Å². The SMILES string of the molecule is CCCCCCCCCCCCCCCCCCN(C)c1ccc(C)cc1.Cl. The van der Waals surface area contributed by atoms with Crippen molar-refractivity contribution >= 4 is 18.1 Å². The summed E-state index contributed by atoms with van der Waals surface area (Å²) in [5, 5.41) is 0. The molecule has 0 unspecified atom stereocenters. The minimum absolute atomic E-state index is 0. The van der Waals surface area contributed by atoms with Crippen LogP contribution in [-0.4, -0.2) is 13.6 Å². The Hall–Kier alpha value is -0.690. The minimum Gasteiger partial charge on any atom is -0.375 e. The van der Waals surface area contributed by atoms with Gasteiger partial charge in [-0.25, -0.2) is 0 Å². The normalized spacial score (nSPS) is 10.7. The molecular formula is C26H48ClN. The van der Waals surface area contributed by atoms with E-state index < -0.39 is 0 Å². The monoisotopic (exact) mass is 409 g/mol. The third kappa shape index (κ3) is 15.3. The third-order valence-electron chi connectivity index (χ3n) is 5.82. The van der Waals surface area contributed by atoms with Crippen molar-refractivity contribution in [2.24, 2.45) is 0 Å². The van der Waals surface area contributed by atoms with E-state index in [4.69, 9.17) is 0 Å². The number of anilines is 1. The topological polar surface area (TPSA) is 3.24 Å². The molecule has 1 rings (SSSR count). The van der Waals surface area contributed by atoms with E-state index >= 15 is 0 Å². The second-order valence-corrected chi connectivity index (χ2v) is 8.56. The zero-order valence-electron chi connectivity index (χ0n) is 19.2. The Morgan fingerprint density at radius 3 is 1.32 bits per heavy atom. The summed E-state index contributed by atoms with van der Waals surface area (Å²) < 4.78 is 0. The summed E-state index contributed by atoms with van der Waals surface area (Å²) in [6.45, 7) is 5.63. The lowest BCUT2D eigenvalue weighted by molar-refractivity contribution is 0.529. The van der Waals surface area contributed by atoms with E-state index in [1.807, 2.05) is 0 Å². The van der Waals surface area contributed by atoms with Gasteiger partial charge >= 0.3 is 0 Å². The molecule has 0 N–H and O–H groups in total. The molecule has 0 bridgehead atoms. The molecule has 0 aliphatic rings. The van der Waals surface area contributed by atoms with Gasteiger partial charge in [0.1, 0.15) is 0 Å². The molecule has 1 nitrogen and oxygen atoms in total. The number of nitrogens with zero attached hydrogens (tertiary/aromatic N) is 1. The quantitative estimate of drug-likeness (QED) is 0.218. The molecule has 0 radical (unpaired) electrons. The maximum Gasteiger partial charge on any atom is 0.0363 e. The van der Waals surface area contributed by atoms with Crippen molar-refractivity contribution in [3.8, 4) is 0 Å². The molecule has 0 spiro atoms. The highest BCUT2D eigenvalue weighted by Crippen LogP contribution is 2.16. The molecule has 0 aliphatic heterocycles. The van der Waals surface area contributed by atoms with E-state index in [2.05, 4.69) is 50.1 Å². The van der Waals surface area contributed by atoms with Gasteiger partial charge in [0.15, 0.2) is 0 Å². The maximum atomic E-state index is 2.39. The standard InChI is InChI=1S/C26H47N.ClH/c1-4-5-6-7-8-9-10-11-12-13-14-15-16-17-18-19-24-27(3)26-22-20-25(2)21-23-26;/h20-23H,4-19,24H2,1-3H3;1H. The molecule has 0 aliphatic carbocycles. The minimum atomic E-state index is 0. The van der Waals surface area contributed by atoms with Gasteiger partial charge in [-0.3, -0.25) is 0 Å². The average molecular weight is 410 g/mol. The molecule has 1 aromatic carbocycles. The lowest BCUT2D eigenvalue weighted by Gasteiger charge is -2.19. The lowest BCUT2D eigenvalue weighted by atomic mass is 10.0. The maximum absolute atomic E-state index is 2.39. The van der Waals surface area contributed by atoms with Crippen LogP contribution in [0.3, 0.4) is 0 Å². The second-order valence-electron chi connectivity index (χ2n) is 8.56. The van der Waals surface area contributed by atoms with Crippen LogP contribution in [0.2, 0.25) is 0 Å². The summed E-state index contributed by atoms with van der Waals surface area (Å²) in [5.74, 6) is 0. The summed E-state index contributed by atoms with van der Waals surface area (Å²) in [5.41, 5.74) is 2.69. The summed E-state index contributed by atoms with van der Waals surface area (Å²) in [6, 6.07) is 8.89. The molecule has 2 heteroatoms. The Morgan fingerprint density at radius 1 is 0.571 bits per heavy atom. The Morgan fingerprint density at radius 2 is 0.929 bits per heavy atom. The number of unbranched alkanes of at least 4 members (excludes halogenated alkanes) is 15. The predicted molar refractivity (Wildman–Crippen MR) is 131 cm³/mol. The van der Waals surface area contributed by atoms with Gasteiger partial charge in [-0.2, -0.15) is 0 Å². The number of aryl methyl sites for hydroxylation is 1. The van der Waals surface area contributed by atoms with Crippen LogP contribution in [0.4, 0.5) is 5.69 Å². The highest BCUT2D eigenvalue weighted by Gasteiger charge is 2.00. The Bertz CT molecular complexity index is 429. The van der Waals surface area contributed by atoms with Gasteiger partial charge in [0.05, 0.1) is 0 Å². The summed E-state index contributed by atoms with van der Waals surface area (Å²) in [6.07, 6.45) is 23.0. The summed E-state index contributed by atoms with van der Waals surface area (Å²) >= 11 is 0. The molecule has 28 heavy (non-hydrogen) atoms. The fraction of sp³-hybridized carbons (Fsp3) is 0.769. The van der Waals surface area contributed by atoms with Gasteiger partial charge in [0.2, 0.25) is 0 Å². The zero-order valence-corrected chi connectivity index (χ0v) is 20.0. The van der Waals surface area contributed by atoms with Crippen molar-refractivity contribution < 1.29 is 0 Å². The number of hydrogen-bond acceptors (Lipinski definition) is 1. The smallest absolute Gasteiger partial charge is 0.0363 e. The first-order valence-electron chi connectivity index (χ1n) is 12.0. The third-order valence-corrected chi connectivity index (χ3v) is 5.82. The fourth-order valence-electron chi connectivity index (χ4n) is 3.83. The zero-order chi connectivity index (χ0) is 19.6. The van der Waals surface area contributed by atoms with E-state index in [-0.39, 0.29) is 12.4 Å². The largest absolute Gasteiger partial charge is 0.375 e. The van der Waals surface area contributed by atoms with E-state index in [0.717, 1.165) is 0 Å². The van der Waals surface area contributed by atoms with Gasteiger partial charge in [0.25, 0.3) is 0 Å². The first-order chi connectivity index (χ1) is 13.2. The first kappa shape index (κ1) is 27.3. The van der Waals surface area contributed by atoms with Crippen LogP contribution in [0.5, 0.6) is 0 Å². The molecular weight excluding hydrogens is 362 g/mol. The van der Waals surface area contributed by atoms with Gasteiger partial charge in [-0.1, -0.05) is 121 Å². The van der Waals surface area contributed by atoms with Crippen molar-refractivity contribution in [2.75, 3.05) is 18.5 Å². The van der Waals surface area contributed by atoms with Crippen molar-refractivity contribution in [1.29, 1.82) is 0 Å². The Balaban J connectivity index is 0.00000729. The molecule has 0 saturated heterocycles. The first-order valence-corrected chi connectivity index (χ1v) is 12.0. The van der Waals surface area contributed by atoms with Crippen molar-refractivity contribution in [1.82, 2.24) is 0 Å². The van der Waals surface area contributed by atoms with Crippen LogP contribution in [0.1, 0.15) is 115 Å². The summed E-state index contributed by atoms with van der Waals surface area (Å²) in [7, 11) is 2.22. The number of hydrogen-bond donors (Lipinski definition) is 0. The van der Waals surface area contributed by atoms with Gasteiger partial charge in [0, 0.05) is 19.3 Å². The van der Waals surface area contributed by atoms with E-state index in [9.17, 15) is 0 Å². The van der Waals surface area contributed by atoms with E-state index in [1.54, 1.807) is 0 Å². The molecule has 0 atom stereocenters. The van der Waals surface area contributed by atoms with Gasteiger partial charge in [-0.15, -0.1) is 12.4 Å². The van der Waals surface area contributed by atoms with Crippen molar-refractivity contribution in [2.45, 2.75) is 117 Å². The molecule has 0 heterocycles. The van der Waals surface area contributed by atoms with Crippen LogP contribution >= 0.6 is 12.4 Å². The van der Waals surface area contributed by atoms with Crippen molar-refractivity contribution in [3.63, 3.8) is 0 Å². The molecule has 1 aromatic rings. The van der Waals surface area contributed by atoms with Crippen molar-refractivity contribution in [3.05, 3.63) is 29.8 Å². The highest BCUT2D eigenvalue weighted by molar-refractivity contribution is 5.85. The van der Waals surface area contributed by atoms with Gasteiger partial charge < -0.3 is 4.90 Å². The lowest BCUT2D eigenvalue weighted by Crippen LogP contribution is -2.18. The van der Waals surface area contributed by atoms with Crippen LogP contribution in [0, 0.1) is 6.92 Å². The molecule has 0 aromatic heterocycles. The number of halogens is 1. The Kier molecular flexibility index (Phi) is 19.1. The van der Waals surface area contributed by atoms with Gasteiger partial charge in [-0.05, 0) is 25.5 Å². The van der Waals surface area contributed by atoms with E-state index in [1.165, 1.54) is 121 Å². The van der Waals surface area contributed by atoms with Crippen LogP contribution in [-0.2, 0) is 0 Å². The molecule has 0 amide bonds. The summed E-state index contributed by atoms with van der Waals surface area (Å²) in [4.78, 5) is 2.39. The average Bonchev–Trinajstić information content (AvgIpc) is 2.68. The van der Waals surface area contributed by atoms with Crippen LogP contribution < -0.4 is 4.90 Å². The predicted octanol–water partition coefficient (Wildman–Crippen LogP) is 9.11. The van der Waals surface area contributed by atoms with Crippen LogP contribution in [0.25, 0.3) is 0 Å². The highest BCUT2D eigenvalue weighted by atomic mass is 35.5. The molecule has 0 saturated carbocycles. The number of rotatable bonds is 18. The number of benzene rings is 1. The second kappa shape index (κ2) is 19.6. The van der Waals surface area contributed by atoms with Crippen LogP contribution in [0.15, 0.2) is 24.3 Å².